The molecule has 0 unspecified atom stereocenters. The molecule has 1 amide bonds. The van der Waals surface area contributed by atoms with Crippen molar-refractivity contribution in [1.29, 1.82) is 0 Å². The second-order valence-electron chi connectivity index (χ2n) is 7.47. The Hall–Kier alpha value is -3.53. The molecule has 174 valence electrons. The molecule has 0 aliphatic rings. The largest absolute Gasteiger partial charge is 0.417 e. The van der Waals surface area contributed by atoms with E-state index in [9.17, 15) is 22.4 Å². The first-order valence-electron chi connectivity index (χ1n) is 10.0. The van der Waals surface area contributed by atoms with Gasteiger partial charge in [0.2, 0.25) is 0 Å². The van der Waals surface area contributed by atoms with Crippen molar-refractivity contribution in [3.63, 3.8) is 0 Å². The van der Waals surface area contributed by atoms with Gasteiger partial charge in [-0.3, -0.25) is 9.89 Å². The molecule has 1 heterocycles. The minimum Gasteiger partial charge on any atom is -0.384 e. The van der Waals surface area contributed by atoms with Crippen LogP contribution >= 0.6 is 0 Å². The number of benzene rings is 2. The van der Waals surface area contributed by atoms with Crippen molar-refractivity contribution in [3.05, 3.63) is 71.5 Å². The van der Waals surface area contributed by atoms with Crippen LogP contribution in [0.3, 0.4) is 0 Å². The molecule has 2 N–H and O–H groups in total. The van der Waals surface area contributed by atoms with E-state index >= 15 is 0 Å². The number of halogens is 4. The average Bonchev–Trinajstić information content (AvgIpc) is 3.22. The molecule has 0 saturated heterocycles. The van der Waals surface area contributed by atoms with Gasteiger partial charge < -0.3 is 10.1 Å². The first-order valence-corrected chi connectivity index (χ1v) is 10.0. The minimum atomic E-state index is -4.68. The maximum absolute atomic E-state index is 13.3. The van der Waals surface area contributed by atoms with E-state index in [0.29, 0.717) is 17.9 Å². The summed E-state index contributed by atoms with van der Waals surface area (Å²) < 4.78 is 58.3. The van der Waals surface area contributed by atoms with Crippen LogP contribution in [0.1, 0.15) is 29.3 Å². The van der Waals surface area contributed by atoms with Gasteiger partial charge in [-0.2, -0.15) is 18.3 Å². The fraction of sp³-hybridized carbons (Fsp3) is 0.261. The lowest BCUT2D eigenvalue weighted by molar-refractivity contribution is -0.137. The zero-order valence-electron chi connectivity index (χ0n) is 17.9. The molecule has 1 aromatic heterocycles. The number of alkyl halides is 3. The van der Waals surface area contributed by atoms with Gasteiger partial charge in [-0.05, 0) is 47.9 Å². The van der Waals surface area contributed by atoms with Crippen molar-refractivity contribution in [2.75, 3.05) is 13.7 Å². The van der Waals surface area contributed by atoms with E-state index in [1.807, 2.05) is 6.92 Å². The molecular formula is C23H22F4N4O2. The number of carbonyl (C=O) groups excluding carboxylic acids is 1. The molecule has 0 aliphatic heterocycles. The minimum absolute atomic E-state index is 0.0811. The number of hydrogen-bond acceptors (Lipinski definition) is 4. The van der Waals surface area contributed by atoms with Crippen molar-refractivity contribution in [1.82, 2.24) is 15.5 Å². The number of nitrogens with one attached hydrogen (secondary N) is 2. The Morgan fingerprint density at radius 3 is 2.55 bits per heavy atom. The number of methoxy groups -OCH3 is 1. The summed E-state index contributed by atoms with van der Waals surface area (Å²) in [5, 5.41) is 9.34. The van der Waals surface area contributed by atoms with Gasteiger partial charge in [0.15, 0.2) is 5.82 Å². The number of H-pyrrole nitrogens is 1. The van der Waals surface area contributed by atoms with Crippen LogP contribution in [0.4, 0.5) is 23.4 Å². The summed E-state index contributed by atoms with van der Waals surface area (Å²) in [5.41, 5.74) is -0.314. The topological polar surface area (TPSA) is 79.4 Å². The zero-order valence-corrected chi connectivity index (χ0v) is 17.9. The lowest BCUT2D eigenvalue weighted by Crippen LogP contribution is -2.33. The SMILES string of the molecule is COC[C@H](C)CC(=Nc1cc(-c2ccc(F)cc2)[nH]n1)NC(=O)c1ccccc1C(F)(F)F. The van der Waals surface area contributed by atoms with Crippen LogP contribution in [0.5, 0.6) is 0 Å². The van der Waals surface area contributed by atoms with Gasteiger partial charge in [-0.15, -0.1) is 0 Å². The van der Waals surface area contributed by atoms with Crippen LogP contribution < -0.4 is 5.32 Å². The molecular weight excluding hydrogens is 440 g/mol. The van der Waals surface area contributed by atoms with E-state index in [-0.39, 0.29) is 29.8 Å². The highest BCUT2D eigenvalue weighted by atomic mass is 19.4. The standard InChI is InChI=1S/C23H22F4N4O2/c1-14(13-33-2)11-20(29-22(32)17-5-3-4-6-18(17)23(25,26)27)28-21-12-19(30-31-21)15-7-9-16(24)10-8-15/h3-10,12,14H,11,13H2,1-2H3,(H2,28,29,30,31,32)/t14-/m1/s1. The number of aromatic nitrogens is 2. The molecule has 33 heavy (non-hydrogen) atoms. The average molecular weight is 462 g/mol. The van der Waals surface area contributed by atoms with Crippen LogP contribution in [-0.4, -0.2) is 35.7 Å². The third-order valence-electron chi connectivity index (χ3n) is 4.70. The Bertz CT molecular complexity index is 1120. The maximum Gasteiger partial charge on any atom is 0.417 e. The predicted octanol–water partition coefficient (Wildman–Crippen LogP) is 5.37. The van der Waals surface area contributed by atoms with Crippen LogP contribution in [0.2, 0.25) is 0 Å². The highest BCUT2D eigenvalue weighted by molar-refractivity contribution is 6.07. The van der Waals surface area contributed by atoms with E-state index in [1.54, 1.807) is 18.2 Å². The first-order chi connectivity index (χ1) is 15.7. The molecule has 0 spiro atoms. The highest BCUT2D eigenvalue weighted by Gasteiger charge is 2.35. The fourth-order valence-corrected chi connectivity index (χ4v) is 3.21. The van der Waals surface area contributed by atoms with Crippen LogP contribution in [0, 0.1) is 11.7 Å². The molecule has 3 aromatic rings. The first kappa shape index (κ1) is 24.1. The summed E-state index contributed by atoms with van der Waals surface area (Å²) in [6, 6.07) is 11.8. The number of hydrogen-bond donors (Lipinski definition) is 2. The lowest BCUT2D eigenvalue weighted by Gasteiger charge is -2.16. The van der Waals surface area contributed by atoms with E-state index in [0.717, 1.165) is 12.1 Å². The molecule has 1 atom stereocenters. The van der Waals surface area contributed by atoms with Crippen LogP contribution in [0.15, 0.2) is 59.6 Å². The van der Waals surface area contributed by atoms with Gasteiger partial charge in [0, 0.05) is 26.2 Å². The molecule has 6 nitrogen and oxygen atoms in total. The fourth-order valence-electron chi connectivity index (χ4n) is 3.21. The summed E-state index contributed by atoms with van der Waals surface area (Å²) in [7, 11) is 1.52. The number of amidine groups is 1. The second kappa shape index (κ2) is 10.4. The molecule has 10 heteroatoms. The molecule has 0 fully saturated rings. The third kappa shape index (κ3) is 6.48. The number of carbonyl (C=O) groups is 1. The van der Waals surface area contributed by atoms with Crippen molar-refractivity contribution >= 4 is 17.6 Å². The molecule has 0 radical (unpaired) electrons. The van der Waals surface area contributed by atoms with Gasteiger partial charge in [-0.1, -0.05) is 19.1 Å². The van der Waals surface area contributed by atoms with E-state index < -0.39 is 23.2 Å². The number of amides is 1. The van der Waals surface area contributed by atoms with Gasteiger partial charge >= 0.3 is 6.18 Å². The quantitative estimate of drug-likeness (QED) is 0.282. The normalized spacial score (nSPS) is 13.1. The summed E-state index contributed by atoms with van der Waals surface area (Å²) >= 11 is 0. The van der Waals surface area contributed by atoms with Crippen LogP contribution in [0.25, 0.3) is 11.3 Å². The van der Waals surface area contributed by atoms with Crippen LogP contribution in [-0.2, 0) is 10.9 Å². The summed E-state index contributed by atoms with van der Waals surface area (Å²) in [6.07, 6.45) is -4.45. The van der Waals surface area contributed by atoms with E-state index in [1.165, 1.54) is 31.4 Å². The summed E-state index contributed by atoms with van der Waals surface area (Å²) in [5.74, 6) is -1.05. The molecule has 2 aromatic carbocycles. The number of nitrogens with zero attached hydrogens (tertiary/aromatic N) is 2. The summed E-state index contributed by atoms with van der Waals surface area (Å²) in [4.78, 5) is 17.1. The van der Waals surface area contributed by atoms with Crippen molar-refractivity contribution in [2.45, 2.75) is 19.5 Å². The molecule has 3 rings (SSSR count). The molecule has 0 bridgehead atoms. The number of rotatable bonds is 7. The highest BCUT2D eigenvalue weighted by Crippen LogP contribution is 2.32. The van der Waals surface area contributed by atoms with Crippen molar-refractivity contribution in [2.24, 2.45) is 10.9 Å². The second-order valence-corrected chi connectivity index (χ2v) is 7.47. The Morgan fingerprint density at radius 2 is 1.88 bits per heavy atom. The van der Waals surface area contributed by atoms with Gasteiger partial charge in [0.25, 0.3) is 5.91 Å². The lowest BCUT2D eigenvalue weighted by atomic mass is 10.1. The van der Waals surface area contributed by atoms with E-state index in [4.69, 9.17) is 4.74 Å². The number of aliphatic imine (C=N–C) groups is 1. The maximum atomic E-state index is 13.3. The molecule has 0 aliphatic carbocycles. The Balaban J connectivity index is 1.89. The number of ether oxygens (including phenoxy) is 1. The summed E-state index contributed by atoms with van der Waals surface area (Å²) in [6.45, 7) is 2.21. The monoisotopic (exact) mass is 462 g/mol. The van der Waals surface area contributed by atoms with E-state index in [2.05, 4.69) is 20.5 Å². The number of aromatic amines is 1. The van der Waals surface area contributed by atoms with Gasteiger partial charge in [-0.25, -0.2) is 9.38 Å². The Labute approximate surface area is 187 Å². The third-order valence-corrected chi connectivity index (χ3v) is 4.70. The van der Waals surface area contributed by atoms with Crippen molar-refractivity contribution < 1.29 is 27.1 Å². The Morgan fingerprint density at radius 1 is 1.18 bits per heavy atom. The van der Waals surface area contributed by atoms with Gasteiger partial charge in [0.1, 0.15) is 11.7 Å². The van der Waals surface area contributed by atoms with Crippen molar-refractivity contribution in [3.8, 4) is 11.3 Å². The smallest absolute Gasteiger partial charge is 0.384 e. The predicted molar refractivity (Wildman–Crippen MR) is 116 cm³/mol. The van der Waals surface area contributed by atoms with Gasteiger partial charge in [0.05, 0.1) is 16.8 Å². The Kier molecular flexibility index (Phi) is 7.59. The molecule has 0 saturated carbocycles. The zero-order chi connectivity index (χ0) is 24.0.